The van der Waals surface area contributed by atoms with Crippen molar-refractivity contribution in [3.05, 3.63) is 35.5 Å². The van der Waals surface area contributed by atoms with Crippen molar-refractivity contribution in [1.82, 2.24) is 4.90 Å². The third-order valence-corrected chi connectivity index (χ3v) is 5.26. The van der Waals surface area contributed by atoms with Crippen LogP contribution >= 0.6 is 11.3 Å². The summed E-state index contributed by atoms with van der Waals surface area (Å²) in [6.07, 6.45) is 10.5. The van der Waals surface area contributed by atoms with Crippen LogP contribution in [0.4, 0.5) is 10.7 Å². The molecule has 4 rings (SSSR count). The fourth-order valence-electron chi connectivity index (χ4n) is 3.20. The predicted octanol–water partition coefficient (Wildman–Crippen LogP) is 3.20. The molecule has 3 aliphatic rings. The summed E-state index contributed by atoms with van der Waals surface area (Å²) in [5.74, 6) is 0. The van der Waals surface area contributed by atoms with Gasteiger partial charge in [0, 0.05) is 13.1 Å². The summed E-state index contributed by atoms with van der Waals surface area (Å²) in [5, 5.41) is 5.38. The second-order valence-electron chi connectivity index (χ2n) is 5.74. The Morgan fingerprint density at radius 2 is 2.10 bits per heavy atom. The van der Waals surface area contributed by atoms with Crippen LogP contribution in [-0.2, 0) is 4.84 Å². The molecule has 0 bridgehead atoms. The van der Waals surface area contributed by atoms with Gasteiger partial charge in [-0.15, -0.1) is 11.3 Å². The molecule has 1 saturated heterocycles. The summed E-state index contributed by atoms with van der Waals surface area (Å²) in [5.41, 5.74) is 2.40. The van der Waals surface area contributed by atoms with Crippen molar-refractivity contribution >= 4 is 22.0 Å². The Morgan fingerprint density at radius 3 is 3.00 bits per heavy atom. The molecule has 0 amide bonds. The number of fused-ring (bicyclic) bond motifs is 3. The number of nitrogens with zero attached hydrogens (tertiary/aromatic N) is 3. The van der Waals surface area contributed by atoms with E-state index in [2.05, 4.69) is 39.6 Å². The number of hydrogen-bond donors (Lipinski definition) is 0. The molecule has 0 aromatic carbocycles. The largest absolute Gasteiger partial charge is 0.326 e. The van der Waals surface area contributed by atoms with Crippen molar-refractivity contribution in [2.45, 2.75) is 19.3 Å². The van der Waals surface area contributed by atoms with Crippen molar-refractivity contribution in [1.29, 1.82) is 0 Å². The molecule has 1 fully saturated rings. The molecule has 3 aliphatic heterocycles. The molecule has 1 aromatic rings. The number of rotatable bonds is 4. The molecule has 0 N–H and O–H groups in total. The summed E-state index contributed by atoms with van der Waals surface area (Å²) in [6.45, 7) is 5.21. The maximum absolute atomic E-state index is 6.04. The molecular formula is C16H21N3OS. The van der Waals surface area contributed by atoms with Gasteiger partial charge in [-0.05, 0) is 43.5 Å². The van der Waals surface area contributed by atoms with Crippen molar-refractivity contribution in [3.63, 3.8) is 0 Å². The number of hydroxylamine groups is 1. The van der Waals surface area contributed by atoms with Gasteiger partial charge in [0.15, 0.2) is 0 Å². The average molecular weight is 303 g/mol. The fourth-order valence-corrected chi connectivity index (χ4v) is 4.11. The van der Waals surface area contributed by atoms with Gasteiger partial charge in [0.25, 0.3) is 0 Å². The maximum Gasteiger partial charge on any atom is 0.122 e. The molecule has 1 aromatic heterocycles. The van der Waals surface area contributed by atoms with Gasteiger partial charge in [0.05, 0.1) is 18.5 Å². The third kappa shape index (κ3) is 2.61. The maximum atomic E-state index is 6.04. The first-order valence-electron chi connectivity index (χ1n) is 7.80. The number of anilines is 2. The van der Waals surface area contributed by atoms with Crippen LogP contribution < -0.4 is 9.96 Å². The summed E-state index contributed by atoms with van der Waals surface area (Å²) >= 11 is 1.78. The summed E-state index contributed by atoms with van der Waals surface area (Å²) in [7, 11) is 0. The van der Waals surface area contributed by atoms with E-state index in [0.717, 1.165) is 19.7 Å². The lowest BCUT2D eigenvalue weighted by molar-refractivity contribution is 0.0942. The predicted molar refractivity (Wildman–Crippen MR) is 87.6 cm³/mol. The van der Waals surface area contributed by atoms with Crippen LogP contribution in [0.5, 0.6) is 0 Å². The fraction of sp³-hybridized carbons (Fsp3) is 0.500. The lowest BCUT2D eigenvalue weighted by Crippen LogP contribution is -2.35. The van der Waals surface area contributed by atoms with Crippen LogP contribution in [0.2, 0.25) is 0 Å². The van der Waals surface area contributed by atoms with Crippen molar-refractivity contribution in [3.8, 4) is 0 Å². The molecule has 112 valence electrons. The Hall–Kier alpha value is -1.30. The van der Waals surface area contributed by atoms with Crippen LogP contribution in [0.3, 0.4) is 0 Å². The smallest absolute Gasteiger partial charge is 0.122 e. The summed E-state index contributed by atoms with van der Waals surface area (Å²) in [6, 6.07) is 2.15. The molecule has 0 saturated carbocycles. The number of thiophene rings is 1. The lowest BCUT2D eigenvalue weighted by atomic mass is 10.1. The van der Waals surface area contributed by atoms with E-state index in [4.69, 9.17) is 4.84 Å². The van der Waals surface area contributed by atoms with Gasteiger partial charge in [0.1, 0.15) is 10.7 Å². The monoisotopic (exact) mass is 303 g/mol. The lowest BCUT2D eigenvalue weighted by Gasteiger charge is -2.32. The second-order valence-corrected chi connectivity index (χ2v) is 6.63. The van der Waals surface area contributed by atoms with Gasteiger partial charge in [0.2, 0.25) is 0 Å². The van der Waals surface area contributed by atoms with Gasteiger partial charge >= 0.3 is 0 Å². The molecular weight excluding hydrogens is 282 g/mol. The highest BCUT2D eigenvalue weighted by Gasteiger charge is 2.27. The number of hydrogen-bond acceptors (Lipinski definition) is 5. The van der Waals surface area contributed by atoms with E-state index in [1.807, 2.05) is 5.06 Å². The summed E-state index contributed by atoms with van der Waals surface area (Å²) < 4.78 is 0. The average Bonchev–Trinajstić information content (AvgIpc) is 3.16. The zero-order valence-electron chi connectivity index (χ0n) is 12.2. The van der Waals surface area contributed by atoms with E-state index in [-0.39, 0.29) is 0 Å². The normalized spacial score (nSPS) is 21.4. The van der Waals surface area contributed by atoms with Crippen molar-refractivity contribution in [2.75, 3.05) is 42.7 Å². The Balaban J connectivity index is 1.40. The molecule has 0 aliphatic carbocycles. The zero-order chi connectivity index (χ0) is 14.1. The topological polar surface area (TPSA) is 19.0 Å². The van der Waals surface area contributed by atoms with Crippen LogP contribution in [0.1, 0.15) is 19.3 Å². The van der Waals surface area contributed by atoms with Crippen molar-refractivity contribution in [2.24, 2.45) is 0 Å². The number of likely N-dealkylation sites (tertiary alicyclic amines) is 1. The first-order valence-corrected chi connectivity index (χ1v) is 8.68. The highest BCUT2D eigenvalue weighted by atomic mass is 32.1. The van der Waals surface area contributed by atoms with Crippen LogP contribution in [-0.4, -0.2) is 37.7 Å². The Bertz CT molecular complexity index is 560. The molecule has 0 radical (unpaired) electrons. The Morgan fingerprint density at radius 1 is 1.19 bits per heavy atom. The molecule has 0 spiro atoms. The van der Waals surface area contributed by atoms with E-state index >= 15 is 0 Å². The van der Waals surface area contributed by atoms with Crippen LogP contribution in [0.15, 0.2) is 35.5 Å². The first kappa shape index (κ1) is 13.4. The minimum atomic E-state index is 0.753. The van der Waals surface area contributed by atoms with Crippen LogP contribution in [0, 0.1) is 0 Å². The first-order chi connectivity index (χ1) is 10.4. The highest BCUT2D eigenvalue weighted by molar-refractivity contribution is 7.15. The van der Waals surface area contributed by atoms with E-state index in [0.29, 0.717) is 0 Å². The van der Waals surface area contributed by atoms with E-state index in [9.17, 15) is 0 Å². The van der Waals surface area contributed by atoms with Gasteiger partial charge in [-0.3, -0.25) is 4.84 Å². The second kappa shape index (κ2) is 5.83. The Kier molecular flexibility index (Phi) is 3.71. The minimum Gasteiger partial charge on any atom is -0.326 e. The highest BCUT2D eigenvalue weighted by Crippen LogP contribution is 2.42. The third-order valence-electron chi connectivity index (χ3n) is 4.33. The van der Waals surface area contributed by atoms with Gasteiger partial charge in [-0.2, -0.15) is 0 Å². The van der Waals surface area contributed by atoms with Crippen molar-refractivity contribution < 1.29 is 4.84 Å². The van der Waals surface area contributed by atoms with E-state index in [1.54, 1.807) is 11.3 Å². The SMILES string of the molecule is C1=CC2=CN(OCCN3CCCCC3)c3ccsc3N2C1. The molecule has 0 atom stereocenters. The number of piperidine rings is 1. The van der Waals surface area contributed by atoms with Gasteiger partial charge in [-0.25, -0.2) is 5.06 Å². The summed E-state index contributed by atoms with van der Waals surface area (Å²) in [4.78, 5) is 10.9. The number of allylic oxidation sites excluding steroid dienone is 1. The molecule has 21 heavy (non-hydrogen) atoms. The quantitative estimate of drug-likeness (QED) is 0.850. The molecule has 4 heterocycles. The minimum absolute atomic E-state index is 0.753. The van der Waals surface area contributed by atoms with E-state index in [1.165, 1.54) is 48.7 Å². The van der Waals surface area contributed by atoms with Gasteiger partial charge < -0.3 is 9.80 Å². The standard InChI is InChI=1S/C16H21N3OS/c1-2-7-17(8-3-1)10-11-20-19-13-14-5-4-9-18(14)16-15(19)6-12-21-16/h4-6,12-13H,1-3,7-11H2. The molecule has 4 nitrogen and oxygen atoms in total. The molecule has 0 unspecified atom stereocenters. The molecule has 5 heteroatoms. The van der Waals surface area contributed by atoms with Crippen LogP contribution in [0.25, 0.3) is 0 Å². The zero-order valence-corrected chi connectivity index (χ0v) is 13.0. The van der Waals surface area contributed by atoms with Gasteiger partial charge in [-0.1, -0.05) is 12.5 Å². The Labute approximate surface area is 129 Å². The van der Waals surface area contributed by atoms with E-state index < -0.39 is 0 Å².